The lowest BCUT2D eigenvalue weighted by Gasteiger charge is -2.17. The first-order valence-electron chi connectivity index (χ1n) is 5.66. The van der Waals surface area contributed by atoms with Crippen LogP contribution >= 0.6 is 11.6 Å². The molecule has 1 fully saturated rings. The minimum atomic E-state index is -0.895. The number of rotatable bonds is 3. The van der Waals surface area contributed by atoms with E-state index in [0.717, 1.165) is 4.57 Å². The Hall–Kier alpha value is -1.41. The molecule has 104 valence electrons. The third-order valence-corrected chi connectivity index (χ3v) is 3.02. The fourth-order valence-corrected chi connectivity index (χ4v) is 2.11. The Morgan fingerprint density at radius 3 is 3.00 bits per heavy atom. The van der Waals surface area contributed by atoms with Gasteiger partial charge in [0.05, 0.1) is 12.7 Å². The molecular weight excluding hydrogens is 274 g/mol. The number of nitrogens with zero attached hydrogens (tertiary/aromatic N) is 2. The van der Waals surface area contributed by atoms with E-state index in [-0.39, 0.29) is 18.8 Å². The number of aliphatic hydroxyl groups is 2. The van der Waals surface area contributed by atoms with Crippen molar-refractivity contribution in [1.82, 2.24) is 9.55 Å². The molecule has 2 rings (SSSR count). The zero-order valence-corrected chi connectivity index (χ0v) is 10.7. The highest BCUT2D eigenvalue weighted by Crippen LogP contribution is 2.28. The average Bonchev–Trinajstić information content (AvgIpc) is 2.74. The highest BCUT2D eigenvalue weighted by Gasteiger charge is 2.35. The van der Waals surface area contributed by atoms with Crippen molar-refractivity contribution >= 4 is 23.5 Å². The van der Waals surface area contributed by atoms with Crippen molar-refractivity contribution in [3.8, 4) is 0 Å². The third kappa shape index (κ3) is 2.79. The van der Waals surface area contributed by atoms with Crippen molar-refractivity contribution in [1.29, 1.82) is 0 Å². The standard InChI is InChI=1S/C11H14ClN3O4/c12-2-1-6-4-15(11(18)14-9(6)13)10-8(17)3-7(5-16)19-10/h1-2,4,7-8,10,16-17H,3,5H2,(H2,13,14,18)/b2-1+/t7-,8+,10+/m0/s1. The predicted octanol–water partition coefficient (Wildman–Crippen LogP) is -0.324. The molecule has 1 aromatic heterocycles. The van der Waals surface area contributed by atoms with Gasteiger partial charge in [-0.15, -0.1) is 0 Å². The molecule has 1 aliphatic heterocycles. The third-order valence-electron chi connectivity index (χ3n) is 2.90. The fourth-order valence-electron chi connectivity index (χ4n) is 1.97. The van der Waals surface area contributed by atoms with Crippen LogP contribution in [0, 0.1) is 0 Å². The molecule has 0 spiro atoms. The van der Waals surface area contributed by atoms with Crippen molar-refractivity contribution in [3.05, 3.63) is 27.8 Å². The van der Waals surface area contributed by atoms with E-state index in [1.807, 2.05) is 0 Å². The summed E-state index contributed by atoms with van der Waals surface area (Å²) < 4.78 is 6.53. The van der Waals surface area contributed by atoms with Gasteiger partial charge < -0.3 is 20.7 Å². The number of aliphatic hydroxyl groups excluding tert-OH is 2. The van der Waals surface area contributed by atoms with Gasteiger partial charge >= 0.3 is 5.69 Å². The van der Waals surface area contributed by atoms with Crippen molar-refractivity contribution in [2.45, 2.75) is 24.9 Å². The van der Waals surface area contributed by atoms with E-state index in [1.54, 1.807) is 0 Å². The molecule has 1 saturated heterocycles. The topological polar surface area (TPSA) is 111 Å². The van der Waals surface area contributed by atoms with Crippen LogP contribution in [0.4, 0.5) is 5.82 Å². The minimum absolute atomic E-state index is 0.0457. The molecule has 0 radical (unpaired) electrons. The summed E-state index contributed by atoms with van der Waals surface area (Å²) in [6.07, 6.45) is 0.852. The molecule has 4 N–H and O–H groups in total. The van der Waals surface area contributed by atoms with E-state index in [1.165, 1.54) is 17.8 Å². The van der Waals surface area contributed by atoms with Crippen LogP contribution in [0.15, 0.2) is 16.5 Å². The van der Waals surface area contributed by atoms with Gasteiger partial charge in [-0.3, -0.25) is 4.57 Å². The second-order valence-corrected chi connectivity index (χ2v) is 4.45. The van der Waals surface area contributed by atoms with E-state index in [0.29, 0.717) is 5.56 Å². The van der Waals surface area contributed by atoms with Gasteiger partial charge in [-0.1, -0.05) is 11.6 Å². The maximum absolute atomic E-state index is 11.8. The van der Waals surface area contributed by atoms with Crippen LogP contribution in [0.25, 0.3) is 6.08 Å². The lowest BCUT2D eigenvalue weighted by Crippen LogP contribution is -2.32. The molecule has 0 amide bonds. The van der Waals surface area contributed by atoms with Crippen molar-refractivity contribution in [2.24, 2.45) is 0 Å². The number of hydrogen-bond acceptors (Lipinski definition) is 6. The summed E-state index contributed by atoms with van der Waals surface area (Å²) in [5.74, 6) is 0.0457. The number of anilines is 1. The number of nitrogens with two attached hydrogens (primary N) is 1. The zero-order chi connectivity index (χ0) is 14.0. The summed E-state index contributed by atoms with van der Waals surface area (Å²) in [5, 5.41) is 18.9. The van der Waals surface area contributed by atoms with Crippen LogP contribution in [0.5, 0.6) is 0 Å². The normalized spacial score (nSPS) is 27.2. The molecule has 1 aliphatic rings. The summed E-state index contributed by atoms with van der Waals surface area (Å²) in [4.78, 5) is 15.4. The van der Waals surface area contributed by atoms with Crippen LogP contribution < -0.4 is 11.4 Å². The van der Waals surface area contributed by atoms with Gasteiger partial charge in [0.15, 0.2) is 6.23 Å². The lowest BCUT2D eigenvalue weighted by atomic mass is 10.2. The Balaban J connectivity index is 2.39. The smallest absolute Gasteiger partial charge is 0.351 e. The molecule has 1 aromatic rings. The number of hydrogen-bond donors (Lipinski definition) is 3. The van der Waals surface area contributed by atoms with Crippen molar-refractivity contribution in [3.63, 3.8) is 0 Å². The van der Waals surface area contributed by atoms with Gasteiger partial charge in [0.1, 0.15) is 11.9 Å². The second-order valence-electron chi connectivity index (χ2n) is 4.20. The summed E-state index contributed by atoms with van der Waals surface area (Å²) in [6.45, 7) is -0.223. The van der Waals surface area contributed by atoms with Gasteiger partial charge in [-0.05, 0) is 6.08 Å². The minimum Gasteiger partial charge on any atom is -0.394 e. The van der Waals surface area contributed by atoms with Crippen LogP contribution in [-0.4, -0.2) is 38.6 Å². The maximum Gasteiger partial charge on any atom is 0.351 e. The molecule has 0 aromatic carbocycles. The molecular formula is C11H14ClN3O4. The van der Waals surface area contributed by atoms with Crippen molar-refractivity contribution in [2.75, 3.05) is 12.3 Å². The number of nitrogen functional groups attached to an aromatic ring is 1. The van der Waals surface area contributed by atoms with Crippen LogP contribution in [0.1, 0.15) is 18.2 Å². The molecule has 8 heteroatoms. The molecule has 0 unspecified atom stereocenters. The molecule has 0 saturated carbocycles. The Morgan fingerprint density at radius 1 is 1.68 bits per heavy atom. The van der Waals surface area contributed by atoms with E-state index >= 15 is 0 Å². The van der Waals surface area contributed by atoms with E-state index in [9.17, 15) is 9.90 Å². The SMILES string of the molecule is Nc1nc(=O)n([C@@H]2O[C@H](CO)C[C@H]2O)cc1/C=C/Cl. The van der Waals surface area contributed by atoms with E-state index in [4.69, 9.17) is 27.2 Å². The summed E-state index contributed by atoms with van der Waals surface area (Å²) in [7, 11) is 0. The Bertz CT molecular complexity index is 545. The van der Waals surface area contributed by atoms with E-state index in [2.05, 4.69) is 4.98 Å². The van der Waals surface area contributed by atoms with Crippen LogP contribution in [0.2, 0.25) is 0 Å². The summed E-state index contributed by atoms with van der Waals surface area (Å²) in [6, 6.07) is 0. The Morgan fingerprint density at radius 2 is 2.42 bits per heavy atom. The lowest BCUT2D eigenvalue weighted by molar-refractivity contribution is -0.0529. The molecule has 2 heterocycles. The van der Waals surface area contributed by atoms with Crippen LogP contribution in [0.3, 0.4) is 0 Å². The number of ether oxygens (including phenoxy) is 1. The molecule has 0 aliphatic carbocycles. The summed E-state index contributed by atoms with van der Waals surface area (Å²) in [5.41, 5.74) is 6.64. The molecule has 7 nitrogen and oxygen atoms in total. The predicted molar refractivity (Wildman–Crippen MR) is 69.4 cm³/mol. The second kappa shape index (κ2) is 5.70. The van der Waals surface area contributed by atoms with Crippen LogP contribution in [-0.2, 0) is 4.74 Å². The molecule has 3 atom stereocenters. The molecule has 0 bridgehead atoms. The first-order valence-corrected chi connectivity index (χ1v) is 6.10. The van der Waals surface area contributed by atoms with Gasteiger partial charge in [-0.2, -0.15) is 4.98 Å². The monoisotopic (exact) mass is 287 g/mol. The first-order chi connectivity index (χ1) is 9.06. The average molecular weight is 288 g/mol. The van der Waals surface area contributed by atoms with E-state index < -0.39 is 24.1 Å². The first kappa shape index (κ1) is 14.0. The Kier molecular flexibility index (Phi) is 4.20. The highest BCUT2D eigenvalue weighted by molar-refractivity contribution is 6.27. The quantitative estimate of drug-likeness (QED) is 0.702. The fraction of sp³-hybridized carbons (Fsp3) is 0.455. The highest BCUT2D eigenvalue weighted by atomic mass is 35.5. The van der Waals surface area contributed by atoms with Gasteiger partial charge in [-0.25, -0.2) is 4.79 Å². The number of aromatic nitrogens is 2. The van der Waals surface area contributed by atoms with Gasteiger partial charge in [0.2, 0.25) is 0 Å². The summed E-state index contributed by atoms with van der Waals surface area (Å²) >= 11 is 5.47. The van der Waals surface area contributed by atoms with Gasteiger partial charge in [0, 0.05) is 23.7 Å². The maximum atomic E-state index is 11.8. The van der Waals surface area contributed by atoms with Crippen molar-refractivity contribution < 1.29 is 14.9 Å². The molecule has 19 heavy (non-hydrogen) atoms. The van der Waals surface area contributed by atoms with Gasteiger partial charge in [0.25, 0.3) is 0 Å². The zero-order valence-electron chi connectivity index (χ0n) is 9.94. The number of halogens is 1. The Labute approximate surface area is 113 Å². The largest absolute Gasteiger partial charge is 0.394 e.